The number of carbonyl (C=O) groups is 1. The van der Waals surface area contributed by atoms with Crippen LogP contribution in [0.1, 0.15) is 24.0 Å². The van der Waals surface area contributed by atoms with Gasteiger partial charge in [-0.3, -0.25) is 14.9 Å². The predicted octanol–water partition coefficient (Wildman–Crippen LogP) is 2.80. The lowest BCUT2D eigenvalue weighted by atomic mass is 9.98. The van der Waals surface area contributed by atoms with E-state index in [0.717, 1.165) is 6.07 Å². The monoisotopic (exact) mass is 263 g/mol. The lowest BCUT2D eigenvalue weighted by Crippen LogP contribution is -2.12. The number of nitro benzene ring substituents is 1. The molecule has 1 unspecified atom stereocenters. The van der Waals surface area contributed by atoms with Crippen LogP contribution in [0.4, 0.5) is 18.9 Å². The number of carboxylic acid groups (broad SMARTS) is 1. The quantitative estimate of drug-likeness (QED) is 0.671. The van der Waals surface area contributed by atoms with Gasteiger partial charge < -0.3 is 5.11 Å². The first-order valence-corrected chi connectivity index (χ1v) is 4.73. The Bertz CT molecular complexity index is 498. The summed E-state index contributed by atoms with van der Waals surface area (Å²) in [5.74, 6) is -2.48. The third-order valence-corrected chi connectivity index (χ3v) is 2.39. The lowest BCUT2D eigenvalue weighted by molar-refractivity contribution is -0.388. The first kappa shape index (κ1) is 13.9. The molecule has 1 atom stereocenters. The molecule has 0 fully saturated rings. The molecule has 0 aliphatic carbocycles. The molecule has 0 spiro atoms. The summed E-state index contributed by atoms with van der Waals surface area (Å²) in [5.41, 5.74) is -2.68. The zero-order valence-corrected chi connectivity index (χ0v) is 9.06. The fourth-order valence-electron chi connectivity index (χ4n) is 1.35. The average Bonchev–Trinajstić information content (AvgIpc) is 2.25. The molecule has 1 aromatic rings. The van der Waals surface area contributed by atoms with Crippen molar-refractivity contribution in [2.24, 2.45) is 0 Å². The number of hydrogen-bond donors (Lipinski definition) is 1. The summed E-state index contributed by atoms with van der Waals surface area (Å²) in [5, 5.41) is 19.2. The van der Waals surface area contributed by atoms with E-state index in [1.165, 1.54) is 6.92 Å². The van der Waals surface area contributed by atoms with E-state index in [4.69, 9.17) is 5.11 Å². The highest BCUT2D eigenvalue weighted by molar-refractivity contribution is 5.75. The van der Waals surface area contributed by atoms with Crippen molar-refractivity contribution in [3.63, 3.8) is 0 Å². The Kier molecular flexibility index (Phi) is 3.59. The molecule has 8 heteroatoms. The number of halogens is 3. The van der Waals surface area contributed by atoms with Gasteiger partial charge in [0.1, 0.15) is 5.56 Å². The zero-order valence-electron chi connectivity index (χ0n) is 9.06. The van der Waals surface area contributed by atoms with Crippen LogP contribution in [0.5, 0.6) is 0 Å². The van der Waals surface area contributed by atoms with Crippen LogP contribution in [0, 0.1) is 10.1 Å². The molecule has 0 heterocycles. The maximum absolute atomic E-state index is 12.6. The van der Waals surface area contributed by atoms with E-state index in [0.29, 0.717) is 12.1 Å². The number of nitro groups is 1. The van der Waals surface area contributed by atoms with Gasteiger partial charge in [0.2, 0.25) is 0 Å². The summed E-state index contributed by atoms with van der Waals surface area (Å²) >= 11 is 0. The number of aliphatic carboxylic acids is 1. The highest BCUT2D eigenvalue weighted by atomic mass is 19.4. The van der Waals surface area contributed by atoms with Crippen molar-refractivity contribution < 1.29 is 28.0 Å². The second kappa shape index (κ2) is 4.63. The minimum atomic E-state index is -4.91. The van der Waals surface area contributed by atoms with E-state index in [9.17, 15) is 28.1 Å². The largest absolute Gasteiger partial charge is 0.481 e. The SMILES string of the molecule is CC(C(=O)O)c1ccc([N+](=O)[O-])c(C(F)(F)F)c1. The Morgan fingerprint density at radius 2 is 2.00 bits per heavy atom. The van der Waals surface area contributed by atoms with Crippen molar-refractivity contribution in [2.45, 2.75) is 19.0 Å². The van der Waals surface area contributed by atoms with E-state index in [1.54, 1.807) is 0 Å². The Morgan fingerprint density at radius 3 is 2.39 bits per heavy atom. The molecule has 0 aromatic heterocycles. The molecule has 0 saturated carbocycles. The van der Waals surface area contributed by atoms with Crippen LogP contribution < -0.4 is 0 Å². The van der Waals surface area contributed by atoms with Gasteiger partial charge in [0.15, 0.2) is 0 Å². The molecular weight excluding hydrogens is 255 g/mol. The van der Waals surface area contributed by atoms with Gasteiger partial charge in [-0.25, -0.2) is 0 Å². The normalized spacial score (nSPS) is 13.1. The smallest absolute Gasteiger partial charge is 0.423 e. The molecule has 0 radical (unpaired) electrons. The Morgan fingerprint density at radius 1 is 1.44 bits per heavy atom. The van der Waals surface area contributed by atoms with Gasteiger partial charge in [-0.15, -0.1) is 0 Å². The van der Waals surface area contributed by atoms with E-state index in [2.05, 4.69) is 0 Å². The van der Waals surface area contributed by atoms with Crippen molar-refractivity contribution in [3.05, 3.63) is 39.4 Å². The van der Waals surface area contributed by atoms with E-state index >= 15 is 0 Å². The van der Waals surface area contributed by atoms with Gasteiger partial charge in [-0.05, 0) is 18.6 Å². The molecule has 0 amide bonds. The van der Waals surface area contributed by atoms with Gasteiger partial charge in [0.05, 0.1) is 10.8 Å². The summed E-state index contributed by atoms with van der Waals surface area (Å²) in [6, 6.07) is 2.17. The summed E-state index contributed by atoms with van der Waals surface area (Å²) < 4.78 is 37.8. The average molecular weight is 263 g/mol. The Balaban J connectivity index is 3.39. The summed E-state index contributed by atoms with van der Waals surface area (Å²) in [6.45, 7) is 1.20. The summed E-state index contributed by atoms with van der Waals surface area (Å²) in [7, 11) is 0. The van der Waals surface area contributed by atoms with E-state index in [-0.39, 0.29) is 5.56 Å². The topological polar surface area (TPSA) is 80.4 Å². The Labute approximate surface area is 99.0 Å². The first-order valence-electron chi connectivity index (χ1n) is 4.73. The fourth-order valence-corrected chi connectivity index (χ4v) is 1.35. The third kappa shape index (κ3) is 2.76. The zero-order chi connectivity index (χ0) is 14.1. The van der Waals surface area contributed by atoms with Crippen molar-refractivity contribution in [2.75, 3.05) is 0 Å². The molecule has 1 N–H and O–H groups in total. The van der Waals surface area contributed by atoms with Crippen LogP contribution in [0.2, 0.25) is 0 Å². The maximum Gasteiger partial charge on any atom is 0.423 e. The van der Waals surface area contributed by atoms with Crippen LogP contribution in [-0.4, -0.2) is 16.0 Å². The predicted molar refractivity (Wildman–Crippen MR) is 54.1 cm³/mol. The maximum atomic E-state index is 12.6. The Hall–Kier alpha value is -2.12. The van der Waals surface area contributed by atoms with Crippen molar-refractivity contribution >= 4 is 11.7 Å². The second-order valence-electron chi connectivity index (χ2n) is 3.59. The molecule has 0 bridgehead atoms. The molecule has 0 aliphatic heterocycles. The number of rotatable bonds is 3. The van der Waals surface area contributed by atoms with Crippen molar-refractivity contribution in [3.8, 4) is 0 Å². The van der Waals surface area contributed by atoms with Gasteiger partial charge in [-0.1, -0.05) is 6.07 Å². The molecule has 1 aromatic carbocycles. The number of hydrogen-bond acceptors (Lipinski definition) is 3. The van der Waals surface area contributed by atoms with Crippen LogP contribution in [0.15, 0.2) is 18.2 Å². The fraction of sp³-hybridized carbons (Fsp3) is 0.300. The number of alkyl halides is 3. The second-order valence-corrected chi connectivity index (χ2v) is 3.59. The minimum absolute atomic E-state index is 0.138. The standard InChI is InChI=1S/C10H8F3NO4/c1-5(9(15)16)6-2-3-8(14(17)18)7(4-6)10(11,12)13/h2-5H,1H3,(H,15,16). The van der Waals surface area contributed by atoms with E-state index in [1.807, 2.05) is 0 Å². The van der Waals surface area contributed by atoms with Crippen LogP contribution in [-0.2, 0) is 11.0 Å². The first-order chi connectivity index (χ1) is 8.14. The molecule has 1 rings (SSSR count). The molecule has 0 aliphatic rings. The van der Waals surface area contributed by atoms with Crippen LogP contribution in [0.3, 0.4) is 0 Å². The third-order valence-electron chi connectivity index (χ3n) is 2.39. The van der Waals surface area contributed by atoms with Crippen molar-refractivity contribution in [1.29, 1.82) is 0 Å². The number of benzene rings is 1. The van der Waals surface area contributed by atoms with Crippen LogP contribution >= 0.6 is 0 Å². The van der Waals surface area contributed by atoms with Crippen LogP contribution in [0.25, 0.3) is 0 Å². The lowest BCUT2D eigenvalue weighted by Gasteiger charge is -2.11. The van der Waals surface area contributed by atoms with E-state index < -0.39 is 34.2 Å². The van der Waals surface area contributed by atoms with Gasteiger partial charge >= 0.3 is 12.1 Å². The highest BCUT2D eigenvalue weighted by Gasteiger charge is 2.38. The molecule has 0 saturated heterocycles. The number of nitrogens with zero attached hydrogens (tertiary/aromatic N) is 1. The molecule has 5 nitrogen and oxygen atoms in total. The van der Waals surface area contributed by atoms with Gasteiger partial charge in [0.25, 0.3) is 5.69 Å². The van der Waals surface area contributed by atoms with Gasteiger partial charge in [-0.2, -0.15) is 13.2 Å². The molecule has 98 valence electrons. The molecule has 18 heavy (non-hydrogen) atoms. The summed E-state index contributed by atoms with van der Waals surface area (Å²) in [6.07, 6.45) is -4.91. The van der Waals surface area contributed by atoms with Gasteiger partial charge in [0, 0.05) is 6.07 Å². The van der Waals surface area contributed by atoms with Crippen molar-refractivity contribution in [1.82, 2.24) is 0 Å². The minimum Gasteiger partial charge on any atom is -0.481 e. The molecular formula is C10H8F3NO4. The number of carboxylic acids is 1. The highest BCUT2D eigenvalue weighted by Crippen LogP contribution is 2.37. The summed E-state index contributed by atoms with van der Waals surface area (Å²) in [4.78, 5) is 20.0.